The minimum absolute atomic E-state index is 0.218. The Bertz CT molecular complexity index is 474. The van der Waals surface area contributed by atoms with E-state index in [2.05, 4.69) is 18.2 Å². The predicted molar refractivity (Wildman–Crippen MR) is 80.8 cm³/mol. The molecule has 0 fully saturated rings. The molecule has 0 radical (unpaired) electrons. The molecule has 0 aliphatic heterocycles. The van der Waals surface area contributed by atoms with E-state index in [0.29, 0.717) is 0 Å². The maximum atomic E-state index is 11.6. The van der Waals surface area contributed by atoms with Gasteiger partial charge < -0.3 is 15.2 Å². The Hall–Kier alpha value is -2.48. The van der Waals surface area contributed by atoms with E-state index in [0.717, 1.165) is 5.56 Å². The molecule has 1 aromatic carbocycles. The molecule has 21 heavy (non-hydrogen) atoms. The third-order valence-electron chi connectivity index (χ3n) is 2.27. The Morgan fingerprint density at radius 1 is 1.24 bits per heavy atom. The lowest BCUT2D eigenvalue weighted by Gasteiger charge is -2.22. The fourth-order valence-corrected chi connectivity index (χ4v) is 1.50. The highest BCUT2D eigenvalue weighted by Crippen LogP contribution is 2.08. The largest absolute Gasteiger partial charge is 0.480 e. The summed E-state index contributed by atoms with van der Waals surface area (Å²) in [4.78, 5) is 22.7. The molecule has 0 heterocycles. The van der Waals surface area contributed by atoms with Gasteiger partial charge in [0, 0.05) is 6.42 Å². The molecule has 114 valence electrons. The molecular formula is C16H21NO4. The number of carboxylic acid groups (broad SMARTS) is 1. The highest BCUT2D eigenvalue weighted by atomic mass is 16.6. The fourth-order valence-electron chi connectivity index (χ4n) is 1.50. The monoisotopic (exact) mass is 291 g/mol. The minimum Gasteiger partial charge on any atom is -0.480 e. The van der Waals surface area contributed by atoms with E-state index in [1.165, 1.54) is 0 Å². The smallest absolute Gasteiger partial charge is 0.408 e. The van der Waals surface area contributed by atoms with Gasteiger partial charge in [0.15, 0.2) is 0 Å². The van der Waals surface area contributed by atoms with Gasteiger partial charge in [-0.25, -0.2) is 9.59 Å². The van der Waals surface area contributed by atoms with Gasteiger partial charge in [0.2, 0.25) is 0 Å². The Labute approximate surface area is 125 Å². The van der Waals surface area contributed by atoms with E-state index < -0.39 is 23.7 Å². The summed E-state index contributed by atoms with van der Waals surface area (Å²) in [5, 5.41) is 11.5. The predicted octanol–water partition coefficient (Wildman–Crippen LogP) is 2.46. The molecule has 0 saturated heterocycles. The molecule has 1 aromatic rings. The van der Waals surface area contributed by atoms with E-state index in [-0.39, 0.29) is 6.42 Å². The zero-order valence-corrected chi connectivity index (χ0v) is 12.5. The second-order valence-electron chi connectivity index (χ2n) is 5.23. The third kappa shape index (κ3) is 8.32. The number of hydrogen-bond donors (Lipinski definition) is 2. The van der Waals surface area contributed by atoms with Crippen LogP contribution in [0.4, 0.5) is 4.79 Å². The minimum atomic E-state index is -1.09. The number of hydrogen-bond acceptors (Lipinski definition) is 3. The first-order valence-corrected chi connectivity index (χ1v) is 6.37. The molecule has 1 atom stereocenters. The number of terminal acetylenes is 1. The molecule has 2 N–H and O–H groups in total. The second kappa shape index (κ2) is 8.64. The van der Waals surface area contributed by atoms with Crippen LogP contribution in [-0.2, 0) is 16.0 Å². The van der Waals surface area contributed by atoms with Gasteiger partial charge in [0.05, 0.1) is 0 Å². The number of ether oxygens (including phenoxy) is 1. The number of rotatable bonds is 4. The lowest BCUT2D eigenvalue weighted by atomic mass is 10.1. The fraction of sp³-hybridized carbons (Fsp3) is 0.375. The van der Waals surface area contributed by atoms with Gasteiger partial charge in [0.1, 0.15) is 11.6 Å². The van der Waals surface area contributed by atoms with Crippen molar-refractivity contribution in [3.8, 4) is 12.8 Å². The second-order valence-corrected chi connectivity index (χ2v) is 5.23. The third-order valence-corrected chi connectivity index (χ3v) is 2.27. The number of alkyl carbamates (subject to hydrolysis) is 1. The molecule has 0 aliphatic rings. The average molecular weight is 291 g/mol. The van der Waals surface area contributed by atoms with E-state index in [1.54, 1.807) is 20.8 Å². The van der Waals surface area contributed by atoms with Gasteiger partial charge in [-0.15, -0.1) is 12.8 Å². The molecule has 5 heteroatoms. The zero-order valence-electron chi connectivity index (χ0n) is 12.5. The lowest BCUT2D eigenvalue weighted by Crippen LogP contribution is -2.44. The first-order valence-electron chi connectivity index (χ1n) is 6.37. The molecule has 1 amide bonds. The van der Waals surface area contributed by atoms with Crippen molar-refractivity contribution >= 4 is 12.1 Å². The molecule has 0 aliphatic carbocycles. The number of benzene rings is 1. The quantitative estimate of drug-likeness (QED) is 0.836. The zero-order chi connectivity index (χ0) is 16.5. The van der Waals surface area contributed by atoms with Crippen molar-refractivity contribution in [3.63, 3.8) is 0 Å². The van der Waals surface area contributed by atoms with Crippen LogP contribution in [0.2, 0.25) is 0 Å². The molecule has 0 saturated carbocycles. The average Bonchev–Trinajstić information content (AvgIpc) is 2.39. The Morgan fingerprint density at radius 2 is 1.76 bits per heavy atom. The first kappa shape index (κ1) is 18.5. The van der Waals surface area contributed by atoms with Crippen molar-refractivity contribution < 1.29 is 19.4 Å². The Kier molecular flexibility index (Phi) is 7.62. The molecule has 0 bridgehead atoms. The molecule has 0 aromatic heterocycles. The summed E-state index contributed by atoms with van der Waals surface area (Å²) >= 11 is 0. The van der Waals surface area contributed by atoms with Gasteiger partial charge in [-0.3, -0.25) is 0 Å². The number of carbonyl (C=O) groups is 2. The van der Waals surface area contributed by atoms with Crippen LogP contribution in [0, 0.1) is 12.8 Å². The van der Waals surface area contributed by atoms with Crippen molar-refractivity contribution in [1.82, 2.24) is 5.32 Å². The van der Waals surface area contributed by atoms with E-state index in [9.17, 15) is 9.59 Å². The van der Waals surface area contributed by atoms with Crippen LogP contribution in [0.15, 0.2) is 30.3 Å². The van der Waals surface area contributed by atoms with Gasteiger partial charge in [-0.2, -0.15) is 0 Å². The Balaban J connectivity index is 0.00000191. The summed E-state index contributed by atoms with van der Waals surface area (Å²) in [6.07, 6.45) is 7.49. The summed E-state index contributed by atoms with van der Waals surface area (Å²) in [5.41, 5.74) is 0.186. The maximum absolute atomic E-state index is 11.6. The number of aliphatic carboxylic acids is 1. The van der Waals surface area contributed by atoms with Gasteiger partial charge >= 0.3 is 12.1 Å². The van der Waals surface area contributed by atoms with Crippen LogP contribution in [0.3, 0.4) is 0 Å². The van der Waals surface area contributed by atoms with Crippen LogP contribution >= 0.6 is 0 Å². The van der Waals surface area contributed by atoms with Crippen molar-refractivity contribution in [1.29, 1.82) is 0 Å². The summed E-state index contributed by atoms with van der Waals surface area (Å²) < 4.78 is 5.04. The maximum Gasteiger partial charge on any atom is 0.408 e. The van der Waals surface area contributed by atoms with Gasteiger partial charge in [-0.05, 0) is 26.3 Å². The van der Waals surface area contributed by atoms with Crippen LogP contribution in [-0.4, -0.2) is 28.8 Å². The van der Waals surface area contributed by atoms with Crippen LogP contribution in [0.1, 0.15) is 26.3 Å². The van der Waals surface area contributed by atoms with Crippen molar-refractivity contribution in [2.24, 2.45) is 0 Å². The molecule has 0 spiro atoms. The summed E-state index contributed by atoms with van der Waals surface area (Å²) in [7, 11) is 0. The summed E-state index contributed by atoms with van der Waals surface area (Å²) in [6, 6.07) is 8.11. The molecular weight excluding hydrogens is 270 g/mol. The van der Waals surface area contributed by atoms with Crippen molar-refractivity contribution in [2.45, 2.75) is 38.8 Å². The van der Waals surface area contributed by atoms with Crippen LogP contribution in [0.5, 0.6) is 0 Å². The van der Waals surface area contributed by atoms with Gasteiger partial charge in [0.25, 0.3) is 0 Å². The summed E-state index contributed by atoms with van der Waals surface area (Å²) in [5.74, 6) is -1.09. The SMILES string of the molecule is C#C.CC(C)(C)OC(=O)N[C@@H](Cc1ccccc1)C(=O)O. The van der Waals surface area contributed by atoms with Crippen LogP contribution in [0.25, 0.3) is 0 Å². The topological polar surface area (TPSA) is 75.6 Å². The van der Waals surface area contributed by atoms with E-state index in [4.69, 9.17) is 9.84 Å². The number of carbonyl (C=O) groups excluding carboxylic acids is 1. The standard InChI is InChI=1S/C14H19NO4.C2H2/c1-14(2,3)19-13(18)15-11(12(16)17)9-10-7-5-4-6-8-10;1-2/h4-8,11H,9H2,1-3H3,(H,15,18)(H,16,17);1-2H/t11-;/m0./s1. The van der Waals surface area contributed by atoms with E-state index >= 15 is 0 Å². The molecule has 5 nitrogen and oxygen atoms in total. The van der Waals surface area contributed by atoms with Crippen molar-refractivity contribution in [3.05, 3.63) is 35.9 Å². The summed E-state index contributed by atoms with van der Waals surface area (Å²) in [6.45, 7) is 5.17. The number of amides is 1. The molecule has 1 rings (SSSR count). The number of nitrogens with one attached hydrogen (secondary N) is 1. The Morgan fingerprint density at radius 3 is 2.19 bits per heavy atom. The van der Waals surface area contributed by atoms with Gasteiger partial charge in [-0.1, -0.05) is 30.3 Å². The highest BCUT2D eigenvalue weighted by molar-refractivity contribution is 5.80. The normalized spacial score (nSPS) is 11.5. The van der Waals surface area contributed by atoms with Crippen molar-refractivity contribution in [2.75, 3.05) is 0 Å². The lowest BCUT2D eigenvalue weighted by molar-refractivity contribution is -0.139. The number of carboxylic acids is 1. The molecule has 0 unspecified atom stereocenters. The van der Waals surface area contributed by atoms with Crippen LogP contribution < -0.4 is 5.32 Å². The van der Waals surface area contributed by atoms with E-state index in [1.807, 2.05) is 30.3 Å². The highest BCUT2D eigenvalue weighted by Gasteiger charge is 2.23. The first-order chi connectivity index (χ1) is 9.78.